The Bertz CT molecular complexity index is 462. The lowest BCUT2D eigenvalue weighted by Gasteiger charge is -2.02. The molecule has 0 bridgehead atoms. The Morgan fingerprint density at radius 1 is 1.19 bits per heavy atom. The van der Waals surface area contributed by atoms with Gasteiger partial charge in [0.05, 0.1) is 5.56 Å². The molecule has 1 heterocycles. The molecule has 16 heavy (non-hydrogen) atoms. The number of aryl methyl sites for hydroxylation is 2. The highest BCUT2D eigenvalue weighted by Gasteiger charge is 2.01. The van der Waals surface area contributed by atoms with Crippen LogP contribution in [-0.4, -0.2) is 25.8 Å². The topological polar surface area (TPSA) is 68.0 Å². The minimum absolute atomic E-state index is 0.313. The normalized spacial score (nSPS) is 10.2. The average molecular weight is 217 g/mol. The molecule has 0 spiro atoms. The van der Waals surface area contributed by atoms with Gasteiger partial charge in [0, 0.05) is 6.54 Å². The van der Waals surface area contributed by atoms with Crippen LogP contribution in [-0.2, 0) is 13.0 Å². The molecule has 5 nitrogen and oxygen atoms in total. The number of aromatic nitrogens is 3. The van der Waals surface area contributed by atoms with Gasteiger partial charge in [0.25, 0.3) is 0 Å². The van der Waals surface area contributed by atoms with Crippen molar-refractivity contribution in [3.8, 4) is 0 Å². The van der Waals surface area contributed by atoms with E-state index in [4.69, 9.17) is 5.11 Å². The number of hydrogen-bond donors (Lipinski definition) is 1. The van der Waals surface area contributed by atoms with E-state index < -0.39 is 5.97 Å². The first-order valence-electron chi connectivity index (χ1n) is 4.90. The van der Waals surface area contributed by atoms with Gasteiger partial charge in [-0.25, -0.2) is 4.79 Å². The molecule has 82 valence electrons. The van der Waals surface area contributed by atoms with E-state index in [-0.39, 0.29) is 0 Å². The maximum absolute atomic E-state index is 10.6. The average Bonchev–Trinajstić information content (AvgIpc) is 2.80. The first kappa shape index (κ1) is 10.4. The fourth-order valence-electron chi connectivity index (χ4n) is 1.41. The lowest BCUT2D eigenvalue weighted by Crippen LogP contribution is -2.00. The summed E-state index contributed by atoms with van der Waals surface area (Å²) in [6.45, 7) is 0.791. The third-order valence-corrected chi connectivity index (χ3v) is 2.33. The highest BCUT2D eigenvalue weighted by molar-refractivity contribution is 5.87. The van der Waals surface area contributed by atoms with Crippen molar-refractivity contribution in [1.29, 1.82) is 0 Å². The summed E-state index contributed by atoms with van der Waals surface area (Å²) in [5.74, 6) is -0.898. The molecule has 0 saturated heterocycles. The molecule has 1 aromatic heterocycles. The summed E-state index contributed by atoms with van der Waals surface area (Å²) in [4.78, 5) is 10.6. The number of carboxylic acids is 1. The summed E-state index contributed by atoms with van der Waals surface area (Å²) in [5, 5.41) is 16.1. The Morgan fingerprint density at radius 2 is 1.81 bits per heavy atom. The van der Waals surface area contributed by atoms with Crippen LogP contribution in [0.25, 0.3) is 0 Å². The van der Waals surface area contributed by atoms with E-state index in [9.17, 15) is 4.79 Å². The van der Waals surface area contributed by atoms with E-state index in [1.165, 1.54) is 0 Å². The van der Waals surface area contributed by atoms with Crippen LogP contribution in [0, 0.1) is 0 Å². The van der Waals surface area contributed by atoms with E-state index in [0.717, 1.165) is 18.5 Å². The smallest absolute Gasteiger partial charge is 0.335 e. The molecule has 0 aliphatic heterocycles. The van der Waals surface area contributed by atoms with Crippen LogP contribution in [0.3, 0.4) is 0 Å². The van der Waals surface area contributed by atoms with E-state index >= 15 is 0 Å². The molecule has 0 fully saturated rings. The van der Waals surface area contributed by atoms with Crippen molar-refractivity contribution in [2.45, 2.75) is 13.0 Å². The van der Waals surface area contributed by atoms with E-state index in [0.29, 0.717) is 5.56 Å². The number of carboxylic acid groups (broad SMARTS) is 1. The molecule has 0 amide bonds. The van der Waals surface area contributed by atoms with Crippen LogP contribution in [0.4, 0.5) is 0 Å². The number of nitrogens with zero attached hydrogens (tertiary/aromatic N) is 3. The van der Waals surface area contributed by atoms with Crippen molar-refractivity contribution in [1.82, 2.24) is 14.8 Å². The molecule has 0 aliphatic rings. The van der Waals surface area contributed by atoms with Gasteiger partial charge in [-0.15, -0.1) is 10.2 Å². The Morgan fingerprint density at radius 3 is 2.38 bits per heavy atom. The molecule has 0 aliphatic carbocycles. The van der Waals surface area contributed by atoms with Crippen LogP contribution in [0.1, 0.15) is 15.9 Å². The molecule has 0 radical (unpaired) electrons. The molecule has 0 atom stereocenters. The van der Waals surface area contributed by atoms with Crippen LogP contribution in [0.5, 0.6) is 0 Å². The highest BCUT2D eigenvalue weighted by atomic mass is 16.4. The molecular formula is C11H11N3O2. The zero-order chi connectivity index (χ0) is 11.4. The Labute approximate surface area is 92.4 Å². The maximum atomic E-state index is 10.6. The van der Waals surface area contributed by atoms with Crippen LogP contribution < -0.4 is 0 Å². The molecule has 5 heteroatoms. The SMILES string of the molecule is O=C(O)c1ccc(CCn2cnnc2)cc1. The van der Waals surface area contributed by atoms with Crippen molar-refractivity contribution >= 4 is 5.97 Å². The molecule has 1 aromatic carbocycles. The predicted octanol–water partition coefficient (Wildman–Crippen LogP) is 1.22. The summed E-state index contributed by atoms with van der Waals surface area (Å²) in [6.07, 6.45) is 4.15. The van der Waals surface area contributed by atoms with Crippen molar-refractivity contribution in [3.63, 3.8) is 0 Å². The lowest BCUT2D eigenvalue weighted by atomic mass is 10.1. The fraction of sp³-hybridized carbons (Fsp3) is 0.182. The van der Waals surface area contributed by atoms with Gasteiger partial charge in [0.1, 0.15) is 12.7 Å². The zero-order valence-electron chi connectivity index (χ0n) is 8.58. The number of rotatable bonds is 4. The van der Waals surface area contributed by atoms with Gasteiger partial charge < -0.3 is 9.67 Å². The first-order chi connectivity index (χ1) is 7.75. The third kappa shape index (κ3) is 2.44. The Kier molecular flexibility index (Phi) is 2.95. The van der Waals surface area contributed by atoms with Crippen LogP contribution >= 0.6 is 0 Å². The molecular weight excluding hydrogens is 206 g/mol. The molecule has 0 unspecified atom stereocenters. The second-order valence-electron chi connectivity index (χ2n) is 3.45. The number of benzene rings is 1. The van der Waals surface area contributed by atoms with Gasteiger partial charge in [-0.2, -0.15) is 0 Å². The second-order valence-corrected chi connectivity index (χ2v) is 3.45. The molecule has 1 N–H and O–H groups in total. The number of hydrogen-bond acceptors (Lipinski definition) is 3. The minimum atomic E-state index is -0.898. The van der Waals surface area contributed by atoms with Gasteiger partial charge in [0.15, 0.2) is 0 Å². The first-order valence-corrected chi connectivity index (χ1v) is 4.90. The lowest BCUT2D eigenvalue weighted by molar-refractivity contribution is 0.0697. The van der Waals surface area contributed by atoms with E-state index in [1.807, 2.05) is 16.7 Å². The third-order valence-electron chi connectivity index (χ3n) is 2.33. The summed E-state index contributed by atoms with van der Waals surface area (Å²) in [6, 6.07) is 6.88. The second kappa shape index (κ2) is 4.57. The fourth-order valence-corrected chi connectivity index (χ4v) is 1.41. The number of carbonyl (C=O) groups is 1. The van der Waals surface area contributed by atoms with Crippen molar-refractivity contribution in [3.05, 3.63) is 48.0 Å². The van der Waals surface area contributed by atoms with Crippen molar-refractivity contribution in [2.75, 3.05) is 0 Å². The minimum Gasteiger partial charge on any atom is -0.478 e. The maximum Gasteiger partial charge on any atom is 0.335 e. The van der Waals surface area contributed by atoms with Crippen molar-refractivity contribution < 1.29 is 9.90 Å². The van der Waals surface area contributed by atoms with Crippen LogP contribution in [0.2, 0.25) is 0 Å². The standard InChI is InChI=1S/C11H11N3O2/c15-11(16)10-3-1-9(2-4-10)5-6-14-7-12-13-8-14/h1-4,7-8H,5-6H2,(H,15,16). The van der Waals surface area contributed by atoms with Gasteiger partial charge in [0.2, 0.25) is 0 Å². The van der Waals surface area contributed by atoms with E-state index in [1.54, 1.807) is 24.8 Å². The van der Waals surface area contributed by atoms with Gasteiger partial charge in [-0.05, 0) is 24.1 Å². The quantitative estimate of drug-likeness (QED) is 0.836. The largest absolute Gasteiger partial charge is 0.478 e. The van der Waals surface area contributed by atoms with E-state index in [2.05, 4.69) is 10.2 Å². The number of aromatic carboxylic acids is 1. The highest BCUT2D eigenvalue weighted by Crippen LogP contribution is 2.06. The summed E-state index contributed by atoms with van der Waals surface area (Å²) in [7, 11) is 0. The van der Waals surface area contributed by atoms with Gasteiger partial charge >= 0.3 is 5.97 Å². The van der Waals surface area contributed by atoms with Gasteiger partial charge in [-0.1, -0.05) is 12.1 Å². The monoisotopic (exact) mass is 217 g/mol. The van der Waals surface area contributed by atoms with Gasteiger partial charge in [-0.3, -0.25) is 0 Å². The Balaban J connectivity index is 1.98. The Hall–Kier alpha value is -2.17. The zero-order valence-corrected chi connectivity index (χ0v) is 8.58. The molecule has 2 rings (SSSR count). The summed E-state index contributed by atoms with van der Waals surface area (Å²) < 4.78 is 1.88. The van der Waals surface area contributed by atoms with Crippen LogP contribution in [0.15, 0.2) is 36.9 Å². The predicted molar refractivity (Wildman–Crippen MR) is 57.1 cm³/mol. The molecule has 0 saturated carbocycles. The van der Waals surface area contributed by atoms with Crippen molar-refractivity contribution in [2.24, 2.45) is 0 Å². The summed E-state index contributed by atoms with van der Waals surface area (Å²) in [5.41, 5.74) is 1.41. The molecule has 2 aromatic rings. The summed E-state index contributed by atoms with van der Waals surface area (Å²) >= 11 is 0.